The first kappa shape index (κ1) is 13.7. The number of halogens is 2. The van der Waals surface area contributed by atoms with Gasteiger partial charge in [0.2, 0.25) is 0 Å². The lowest BCUT2D eigenvalue weighted by Gasteiger charge is -2.32. The zero-order valence-electron chi connectivity index (χ0n) is 11.1. The molecule has 1 amide bonds. The lowest BCUT2D eigenvalue weighted by molar-refractivity contribution is 0.0952. The van der Waals surface area contributed by atoms with E-state index < -0.39 is 11.6 Å². The molecule has 7 heteroatoms. The van der Waals surface area contributed by atoms with Gasteiger partial charge in [0.1, 0.15) is 5.69 Å². The van der Waals surface area contributed by atoms with E-state index >= 15 is 0 Å². The summed E-state index contributed by atoms with van der Waals surface area (Å²) in [5, 5.41) is 3.09. The maximum Gasteiger partial charge on any atom is 0.272 e. The molecule has 2 aromatic rings. The van der Waals surface area contributed by atoms with Gasteiger partial charge in [-0.1, -0.05) is 35.9 Å². The number of nitrogens with one attached hydrogen (secondary N) is 1. The molecule has 22 heavy (non-hydrogen) atoms. The standard InChI is InChI=1S/C15H9BrClN3O2/c16-10-5-11(17)12-13(21)19-15(20(12)14(10)22)7-18-6-8-3-1-2-4-9(8)15/h1-5,7H,6H2,(H,19,21). The van der Waals surface area contributed by atoms with Gasteiger partial charge in [-0.05, 0) is 27.6 Å². The molecule has 0 saturated heterocycles. The molecule has 3 heterocycles. The zero-order chi connectivity index (χ0) is 15.5. The van der Waals surface area contributed by atoms with Crippen LogP contribution < -0.4 is 10.9 Å². The van der Waals surface area contributed by atoms with Crippen LogP contribution in [0.5, 0.6) is 0 Å². The van der Waals surface area contributed by atoms with Gasteiger partial charge in [0.05, 0.1) is 22.3 Å². The Labute approximate surface area is 138 Å². The van der Waals surface area contributed by atoms with E-state index in [0.717, 1.165) is 11.1 Å². The summed E-state index contributed by atoms with van der Waals surface area (Å²) in [4.78, 5) is 29.4. The van der Waals surface area contributed by atoms with Crippen LogP contribution in [0.25, 0.3) is 0 Å². The highest BCUT2D eigenvalue weighted by molar-refractivity contribution is 9.10. The Hall–Kier alpha value is -1.92. The molecule has 0 saturated carbocycles. The molecular formula is C15H9BrClN3O2. The van der Waals surface area contributed by atoms with E-state index in [4.69, 9.17) is 11.6 Å². The number of benzene rings is 1. The molecule has 1 atom stereocenters. The SMILES string of the molecule is O=C1NC2(C=NCc3ccccc32)n2c1c(Cl)cc(Br)c2=O. The van der Waals surface area contributed by atoms with Crippen molar-refractivity contribution in [2.45, 2.75) is 12.2 Å². The van der Waals surface area contributed by atoms with Crippen LogP contribution in [0.4, 0.5) is 0 Å². The van der Waals surface area contributed by atoms with Crippen LogP contribution >= 0.6 is 27.5 Å². The van der Waals surface area contributed by atoms with Crippen molar-refractivity contribution in [3.63, 3.8) is 0 Å². The average molecular weight is 379 g/mol. The first-order valence-corrected chi connectivity index (χ1v) is 7.75. The fourth-order valence-electron chi connectivity index (χ4n) is 3.04. The highest BCUT2D eigenvalue weighted by Gasteiger charge is 2.47. The molecule has 0 aliphatic carbocycles. The number of hydrogen-bond donors (Lipinski definition) is 1. The first-order valence-electron chi connectivity index (χ1n) is 6.58. The van der Waals surface area contributed by atoms with Crippen LogP contribution in [0, 0.1) is 0 Å². The van der Waals surface area contributed by atoms with Crippen molar-refractivity contribution in [1.29, 1.82) is 0 Å². The Balaban J connectivity index is 2.14. The number of rotatable bonds is 0. The second-order valence-corrected chi connectivity index (χ2v) is 6.44. The number of aliphatic imine (C=N–C) groups is 1. The molecule has 4 rings (SSSR count). The summed E-state index contributed by atoms with van der Waals surface area (Å²) in [6.07, 6.45) is 1.61. The van der Waals surface area contributed by atoms with E-state index in [1.807, 2.05) is 24.3 Å². The molecule has 0 fully saturated rings. The molecule has 110 valence electrons. The fourth-order valence-corrected chi connectivity index (χ4v) is 3.86. The molecule has 1 aromatic heterocycles. The molecular weight excluding hydrogens is 370 g/mol. The van der Waals surface area contributed by atoms with Crippen LogP contribution in [-0.2, 0) is 12.2 Å². The van der Waals surface area contributed by atoms with Gasteiger partial charge >= 0.3 is 0 Å². The number of aromatic nitrogens is 1. The minimum absolute atomic E-state index is 0.151. The van der Waals surface area contributed by atoms with E-state index in [2.05, 4.69) is 26.2 Å². The molecule has 2 aliphatic heterocycles. The molecule has 1 spiro atoms. The Morgan fingerprint density at radius 2 is 2.09 bits per heavy atom. The summed E-state index contributed by atoms with van der Waals surface area (Å²) in [7, 11) is 0. The number of carbonyl (C=O) groups excluding carboxylic acids is 1. The van der Waals surface area contributed by atoms with Crippen molar-refractivity contribution in [2.24, 2.45) is 4.99 Å². The summed E-state index contributed by atoms with van der Waals surface area (Å²) in [6.45, 7) is 0.514. The third-order valence-electron chi connectivity index (χ3n) is 3.95. The molecule has 1 aromatic carbocycles. The maximum absolute atomic E-state index is 12.6. The average Bonchev–Trinajstić information content (AvgIpc) is 2.79. The van der Waals surface area contributed by atoms with Crippen molar-refractivity contribution in [3.05, 3.63) is 67.0 Å². The van der Waals surface area contributed by atoms with Gasteiger partial charge in [0, 0.05) is 5.56 Å². The quantitative estimate of drug-likeness (QED) is 0.764. The zero-order valence-corrected chi connectivity index (χ0v) is 13.5. The number of hydrogen-bond acceptors (Lipinski definition) is 3. The third kappa shape index (κ3) is 1.62. The van der Waals surface area contributed by atoms with Gasteiger partial charge in [-0.25, -0.2) is 0 Å². The topological polar surface area (TPSA) is 63.5 Å². The molecule has 0 bridgehead atoms. The lowest BCUT2D eigenvalue weighted by Crippen LogP contribution is -2.51. The van der Waals surface area contributed by atoms with E-state index in [1.165, 1.54) is 10.6 Å². The van der Waals surface area contributed by atoms with Crippen molar-refractivity contribution in [1.82, 2.24) is 9.88 Å². The lowest BCUT2D eigenvalue weighted by atomic mass is 9.93. The monoisotopic (exact) mass is 377 g/mol. The summed E-state index contributed by atoms with van der Waals surface area (Å²) in [5.41, 5.74) is 0.486. The van der Waals surface area contributed by atoms with Crippen LogP contribution in [-0.4, -0.2) is 16.7 Å². The van der Waals surface area contributed by atoms with Gasteiger partial charge in [0.15, 0.2) is 5.66 Å². The Bertz CT molecular complexity index is 921. The Morgan fingerprint density at radius 3 is 2.91 bits per heavy atom. The predicted molar refractivity (Wildman–Crippen MR) is 86.6 cm³/mol. The minimum atomic E-state index is -1.12. The van der Waals surface area contributed by atoms with Gasteiger partial charge in [-0.2, -0.15) is 0 Å². The molecule has 0 radical (unpaired) electrons. The molecule has 5 nitrogen and oxygen atoms in total. The highest BCUT2D eigenvalue weighted by Crippen LogP contribution is 2.35. The van der Waals surface area contributed by atoms with Crippen molar-refractivity contribution in [3.8, 4) is 0 Å². The van der Waals surface area contributed by atoms with Gasteiger partial charge in [-0.15, -0.1) is 0 Å². The number of fused-ring (bicyclic) bond motifs is 4. The summed E-state index contributed by atoms with van der Waals surface area (Å²) in [6, 6.07) is 9.04. The largest absolute Gasteiger partial charge is 0.319 e. The van der Waals surface area contributed by atoms with Gasteiger partial charge in [0.25, 0.3) is 11.5 Å². The van der Waals surface area contributed by atoms with Crippen LogP contribution in [0.1, 0.15) is 21.6 Å². The second-order valence-electron chi connectivity index (χ2n) is 5.18. The van der Waals surface area contributed by atoms with Crippen molar-refractivity contribution < 1.29 is 4.79 Å². The Morgan fingerprint density at radius 1 is 1.32 bits per heavy atom. The van der Waals surface area contributed by atoms with Crippen LogP contribution in [0.15, 0.2) is 44.6 Å². The number of amides is 1. The number of carbonyl (C=O) groups is 1. The summed E-state index contributed by atoms with van der Waals surface area (Å²) in [5.74, 6) is -0.391. The van der Waals surface area contributed by atoms with Crippen molar-refractivity contribution >= 4 is 39.7 Å². The molecule has 1 N–H and O–H groups in total. The normalized spacial score (nSPS) is 21.6. The molecule has 1 unspecified atom stereocenters. The number of nitrogens with zero attached hydrogens (tertiary/aromatic N) is 2. The van der Waals surface area contributed by atoms with Crippen LogP contribution in [0.2, 0.25) is 5.02 Å². The van der Waals surface area contributed by atoms with Gasteiger partial charge < -0.3 is 5.32 Å². The van der Waals surface area contributed by atoms with Crippen molar-refractivity contribution in [2.75, 3.05) is 0 Å². The highest BCUT2D eigenvalue weighted by atomic mass is 79.9. The first-order chi connectivity index (χ1) is 10.5. The van der Waals surface area contributed by atoms with Gasteiger partial charge in [-0.3, -0.25) is 19.1 Å². The van der Waals surface area contributed by atoms with E-state index in [-0.39, 0.29) is 16.3 Å². The smallest absolute Gasteiger partial charge is 0.272 e. The van der Waals surface area contributed by atoms with E-state index in [1.54, 1.807) is 6.21 Å². The Kier molecular flexibility index (Phi) is 2.83. The van der Waals surface area contributed by atoms with E-state index in [9.17, 15) is 9.59 Å². The predicted octanol–water partition coefficient (Wildman–Crippen LogP) is 2.29. The number of pyridine rings is 1. The molecule has 2 aliphatic rings. The third-order valence-corrected chi connectivity index (χ3v) is 4.81. The van der Waals surface area contributed by atoms with Crippen LogP contribution in [0.3, 0.4) is 0 Å². The minimum Gasteiger partial charge on any atom is -0.319 e. The maximum atomic E-state index is 12.6. The van der Waals surface area contributed by atoms with E-state index in [0.29, 0.717) is 11.0 Å². The summed E-state index contributed by atoms with van der Waals surface area (Å²) < 4.78 is 1.68. The second kappa shape index (κ2) is 4.54. The fraction of sp³-hybridized carbons (Fsp3) is 0.133. The summed E-state index contributed by atoms with van der Waals surface area (Å²) >= 11 is 9.38.